The van der Waals surface area contributed by atoms with Crippen LogP contribution in [-0.2, 0) is 17.8 Å². The molecule has 0 spiro atoms. The third-order valence-electron chi connectivity index (χ3n) is 3.08. The fourth-order valence-electron chi connectivity index (χ4n) is 2.05. The lowest BCUT2D eigenvalue weighted by Crippen LogP contribution is -2.14. The van der Waals surface area contributed by atoms with Crippen molar-refractivity contribution >= 4 is 23.1 Å². The Labute approximate surface area is 131 Å². The molecule has 0 saturated heterocycles. The van der Waals surface area contributed by atoms with Gasteiger partial charge in [0.2, 0.25) is 5.91 Å². The summed E-state index contributed by atoms with van der Waals surface area (Å²) in [6.07, 6.45) is 2.13. The van der Waals surface area contributed by atoms with Crippen LogP contribution in [0.25, 0.3) is 0 Å². The Morgan fingerprint density at radius 3 is 2.77 bits per heavy atom. The molecular formula is C16H14FN3OS. The lowest BCUT2D eigenvalue weighted by atomic mass is 10.2. The largest absolute Gasteiger partial charge is 0.309 e. The molecule has 0 aliphatic rings. The van der Waals surface area contributed by atoms with Crippen LogP contribution in [0.1, 0.15) is 10.4 Å². The third kappa shape index (κ3) is 3.79. The van der Waals surface area contributed by atoms with Crippen molar-refractivity contribution in [3.63, 3.8) is 0 Å². The highest BCUT2D eigenvalue weighted by molar-refractivity contribution is 7.10. The summed E-state index contributed by atoms with van der Waals surface area (Å²) < 4.78 is 14.6. The first-order chi connectivity index (χ1) is 10.7. The predicted molar refractivity (Wildman–Crippen MR) is 84.4 cm³/mol. The fraction of sp³-hybridized carbons (Fsp3) is 0.125. The smallest absolute Gasteiger partial charge is 0.230 e. The number of anilines is 1. The molecule has 0 fully saturated rings. The summed E-state index contributed by atoms with van der Waals surface area (Å²) in [7, 11) is 0. The SMILES string of the molecule is O=C(Cc1cccs1)Nc1ccn(Cc2ccc(F)cc2)n1. The number of thiophene rings is 1. The van der Waals surface area contributed by atoms with Crippen molar-refractivity contribution in [3.8, 4) is 0 Å². The van der Waals surface area contributed by atoms with E-state index in [1.807, 2.05) is 17.5 Å². The zero-order valence-corrected chi connectivity index (χ0v) is 12.5. The number of nitrogens with one attached hydrogen (secondary N) is 1. The minimum absolute atomic E-state index is 0.0884. The molecular weight excluding hydrogens is 301 g/mol. The second-order valence-corrected chi connectivity index (χ2v) is 5.86. The van der Waals surface area contributed by atoms with E-state index >= 15 is 0 Å². The first-order valence-electron chi connectivity index (χ1n) is 6.79. The molecule has 0 atom stereocenters. The Balaban J connectivity index is 1.58. The van der Waals surface area contributed by atoms with Gasteiger partial charge in [0.05, 0.1) is 13.0 Å². The number of carbonyl (C=O) groups excluding carboxylic acids is 1. The van der Waals surface area contributed by atoms with Crippen LogP contribution in [0, 0.1) is 5.82 Å². The molecule has 0 saturated carbocycles. The minimum atomic E-state index is -0.259. The van der Waals surface area contributed by atoms with E-state index in [-0.39, 0.29) is 11.7 Å². The number of aromatic nitrogens is 2. The average Bonchev–Trinajstić information content (AvgIpc) is 3.14. The maximum absolute atomic E-state index is 12.9. The van der Waals surface area contributed by atoms with Gasteiger partial charge in [0.1, 0.15) is 5.82 Å². The number of hydrogen-bond donors (Lipinski definition) is 1. The van der Waals surface area contributed by atoms with Gasteiger partial charge in [-0.25, -0.2) is 4.39 Å². The van der Waals surface area contributed by atoms with Gasteiger partial charge < -0.3 is 5.32 Å². The molecule has 3 aromatic rings. The number of benzene rings is 1. The standard InChI is InChI=1S/C16H14FN3OS/c17-13-5-3-12(4-6-13)11-20-8-7-15(19-20)18-16(21)10-14-2-1-9-22-14/h1-9H,10-11H2,(H,18,19,21). The fourth-order valence-corrected chi connectivity index (χ4v) is 2.76. The molecule has 0 unspecified atom stereocenters. The van der Waals surface area contributed by atoms with E-state index in [0.717, 1.165) is 10.4 Å². The molecule has 0 aliphatic carbocycles. The van der Waals surface area contributed by atoms with Crippen molar-refractivity contribution in [1.82, 2.24) is 9.78 Å². The van der Waals surface area contributed by atoms with Gasteiger partial charge in [-0.3, -0.25) is 9.48 Å². The molecule has 3 rings (SSSR count). The van der Waals surface area contributed by atoms with Gasteiger partial charge in [0, 0.05) is 17.1 Å². The van der Waals surface area contributed by atoms with Crippen molar-refractivity contribution in [3.05, 3.63) is 70.3 Å². The topological polar surface area (TPSA) is 46.9 Å². The molecule has 6 heteroatoms. The summed E-state index contributed by atoms with van der Waals surface area (Å²) in [5.74, 6) is 0.170. The quantitative estimate of drug-likeness (QED) is 0.785. The van der Waals surface area contributed by atoms with Crippen LogP contribution in [0.3, 0.4) is 0 Å². The monoisotopic (exact) mass is 315 g/mol. The van der Waals surface area contributed by atoms with Gasteiger partial charge >= 0.3 is 0 Å². The number of nitrogens with zero attached hydrogens (tertiary/aromatic N) is 2. The van der Waals surface area contributed by atoms with Crippen LogP contribution in [0.2, 0.25) is 0 Å². The van der Waals surface area contributed by atoms with Crippen molar-refractivity contribution in [2.24, 2.45) is 0 Å². The van der Waals surface area contributed by atoms with Gasteiger partial charge in [-0.2, -0.15) is 5.10 Å². The lowest BCUT2D eigenvalue weighted by molar-refractivity contribution is -0.115. The van der Waals surface area contributed by atoms with Crippen LogP contribution in [0.4, 0.5) is 10.2 Å². The van der Waals surface area contributed by atoms with Gasteiger partial charge in [-0.05, 0) is 29.1 Å². The Morgan fingerprint density at radius 1 is 1.23 bits per heavy atom. The van der Waals surface area contributed by atoms with E-state index in [1.54, 1.807) is 40.4 Å². The van der Waals surface area contributed by atoms with E-state index in [0.29, 0.717) is 18.8 Å². The molecule has 0 aliphatic heterocycles. The summed E-state index contributed by atoms with van der Waals surface area (Å²) in [4.78, 5) is 12.9. The van der Waals surface area contributed by atoms with Crippen molar-refractivity contribution < 1.29 is 9.18 Å². The van der Waals surface area contributed by atoms with Crippen molar-refractivity contribution in [2.75, 3.05) is 5.32 Å². The summed E-state index contributed by atoms with van der Waals surface area (Å²) in [5, 5.41) is 9.01. The molecule has 1 aromatic carbocycles. The lowest BCUT2D eigenvalue weighted by Gasteiger charge is -2.02. The highest BCUT2D eigenvalue weighted by Crippen LogP contribution is 2.11. The average molecular weight is 315 g/mol. The van der Waals surface area contributed by atoms with Crippen molar-refractivity contribution in [1.29, 1.82) is 0 Å². The van der Waals surface area contributed by atoms with Crippen LogP contribution in [-0.4, -0.2) is 15.7 Å². The Kier molecular flexibility index (Phi) is 4.29. The summed E-state index contributed by atoms with van der Waals surface area (Å²) in [5.41, 5.74) is 0.945. The summed E-state index contributed by atoms with van der Waals surface area (Å²) >= 11 is 1.55. The van der Waals surface area contributed by atoms with E-state index < -0.39 is 0 Å². The van der Waals surface area contributed by atoms with E-state index in [4.69, 9.17) is 0 Å². The van der Waals surface area contributed by atoms with Gasteiger partial charge in [-0.1, -0.05) is 18.2 Å². The maximum atomic E-state index is 12.9. The van der Waals surface area contributed by atoms with Crippen LogP contribution >= 0.6 is 11.3 Å². The molecule has 22 heavy (non-hydrogen) atoms. The molecule has 2 aromatic heterocycles. The Bertz CT molecular complexity index is 750. The minimum Gasteiger partial charge on any atom is -0.309 e. The van der Waals surface area contributed by atoms with Crippen LogP contribution in [0.15, 0.2) is 54.0 Å². The predicted octanol–water partition coefficient (Wildman–Crippen LogP) is 3.31. The molecule has 112 valence electrons. The Morgan fingerprint density at radius 2 is 2.05 bits per heavy atom. The zero-order chi connectivity index (χ0) is 15.4. The molecule has 1 amide bonds. The molecule has 0 bridgehead atoms. The van der Waals surface area contributed by atoms with E-state index in [1.165, 1.54) is 12.1 Å². The molecule has 4 nitrogen and oxygen atoms in total. The highest BCUT2D eigenvalue weighted by atomic mass is 32.1. The van der Waals surface area contributed by atoms with Crippen LogP contribution in [0.5, 0.6) is 0 Å². The Hall–Kier alpha value is -2.47. The van der Waals surface area contributed by atoms with Gasteiger partial charge in [0.25, 0.3) is 0 Å². The maximum Gasteiger partial charge on any atom is 0.230 e. The number of amides is 1. The number of carbonyl (C=O) groups is 1. The molecule has 2 heterocycles. The number of rotatable bonds is 5. The zero-order valence-electron chi connectivity index (χ0n) is 11.7. The van der Waals surface area contributed by atoms with E-state index in [2.05, 4.69) is 10.4 Å². The summed E-state index contributed by atoms with van der Waals surface area (Å²) in [6, 6.07) is 11.9. The van der Waals surface area contributed by atoms with E-state index in [9.17, 15) is 9.18 Å². The second-order valence-electron chi connectivity index (χ2n) is 4.83. The second kappa shape index (κ2) is 6.53. The highest BCUT2D eigenvalue weighted by Gasteiger charge is 2.07. The third-order valence-corrected chi connectivity index (χ3v) is 3.96. The van der Waals surface area contributed by atoms with Gasteiger partial charge in [0.15, 0.2) is 5.82 Å². The first kappa shape index (κ1) is 14.5. The molecule has 0 radical (unpaired) electrons. The first-order valence-corrected chi connectivity index (χ1v) is 7.67. The normalized spacial score (nSPS) is 10.6. The van der Waals surface area contributed by atoms with Crippen molar-refractivity contribution in [2.45, 2.75) is 13.0 Å². The van der Waals surface area contributed by atoms with Gasteiger partial charge in [-0.15, -0.1) is 11.3 Å². The molecule has 1 N–H and O–H groups in total. The summed E-state index contributed by atoms with van der Waals surface area (Å²) in [6.45, 7) is 0.529. The number of halogens is 1. The number of hydrogen-bond acceptors (Lipinski definition) is 3. The van der Waals surface area contributed by atoms with Crippen LogP contribution < -0.4 is 5.32 Å².